The van der Waals surface area contributed by atoms with Gasteiger partial charge in [0.2, 0.25) is 0 Å². The summed E-state index contributed by atoms with van der Waals surface area (Å²) in [7, 11) is 0. The molecule has 0 radical (unpaired) electrons. The molecule has 15 heteroatoms. The minimum absolute atomic E-state index is 0.00482. The second-order valence-electron chi connectivity index (χ2n) is 16.5. The summed E-state index contributed by atoms with van der Waals surface area (Å²) in [5, 5.41) is 1.56. The van der Waals surface area contributed by atoms with E-state index in [2.05, 4.69) is 44.5 Å². The van der Waals surface area contributed by atoms with Crippen LogP contribution in [-0.2, 0) is 6.18 Å². The molecule has 0 amide bonds. The highest BCUT2D eigenvalue weighted by Crippen LogP contribution is 2.44. The van der Waals surface area contributed by atoms with Crippen LogP contribution in [0.1, 0.15) is 78.5 Å². The zero-order valence-electron chi connectivity index (χ0n) is 37.0. The number of carbonyl (C=O) groups excluding carboxylic acids is 2. The van der Waals surface area contributed by atoms with Crippen molar-refractivity contribution < 1.29 is 32.2 Å². The number of carbonyl (C=O) groups is 2. The predicted octanol–water partition coefficient (Wildman–Crippen LogP) is 12.5. The number of ketones is 2. The maximum Gasteiger partial charge on any atom is 0.417 e. The molecule has 336 valence electrons. The molecule has 4 aromatic heterocycles. The number of alkyl halides is 3. The van der Waals surface area contributed by atoms with Gasteiger partial charge in [0.15, 0.2) is 11.6 Å². The van der Waals surface area contributed by atoms with Crippen molar-refractivity contribution in [1.82, 2.24) is 29.1 Å². The lowest BCUT2D eigenvalue weighted by Crippen LogP contribution is -2.12. The molecule has 0 bridgehead atoms. The molecule has 0 fully saturated rings. The van der Waals surface area contributed by atoms with E-state index in [-0.39, 0.29) is 29.4 Å². The highest BCUT2D eigenvalue weighted by molar-refractivity contribution is 6.23. The standard InChI is InChI=1S/C28H22N4O2.C24H21F3N4O2/c1-16(2)32-14-22(25-27(29)30-15-31-28(25)32)17-10-12-18(13-11-17)34-23-9-5-8-20-19-6-3-4-7-21(19)26(33)24(20)23;1-13(2)31-11-17(21-22(28)29-12-30-23(21)31)15-7-9-16(10-8-15)33-19-6-4-5-18(24(25,26)27)20(19)14(3)32/h3-16H,1-2H3,(H2,29,30,31);4-13H,1-3H3,(H2,28,29,30). The van der Waals surface area contributed by atoms with Crippen molar-refractivity contribution in [3.8, 4) is 56.4 Å². The Morgan fingerprint density at radius 3 is 1.54 bits per heavy atom. The quantitative estimate of drug-likeness (QED) is 0.133. The molecular weight excluding hydrogens is 858 g/mol. The fourth-order valence-electron chi connectivity index (χ4n) is 8.44. The van der Waals surface area contributed by atoms with Crippen molar-refractivity contribution in [2.45, 2.75) is 52.9 Å². The van der Waals surface area contributed by atoms with Crippen molar-refractivity contribution in [2.24, 2.45) is 0 Å². The number of hydrogen-bond donors (Lipinski definition) is 2. The molecule has 0 atom stereocenters. The molecule has 10 rings (SSSR count). The lowest BCUT2D eigenvalue weighted by Gasteiger charge is -2.15. The highest BCUT2D eigenvalue weighted by Gasteiger charge is 2.36. The third kappa shape index (κ3) is 8.09. The summed E-state index contributed by atoms with van der Waals surface area (Å²) in [5.74, 6) is 1.42. The van der Waals surface area contributed by atoms with Gasteiger partial charge >= 0.3 is 6.18 Å². The predicted molar refractivity (Wildman–Crippen MR) is 252 cm³/mol. The molecule has 0 spiro atoms. The summed E-state index contributed by atoms with van der Waals surface area (Å²) in [6.45, 7) is 9.35. The topological polar surface area (TPSA) is 166 Å². The third-order valence-electron chi connectivity index (χ3n) is 11.6. The summed E-state index contributed by atoms with van der Waals surface area (Å²) in [4.78, 5) is 42.1. The average molecular weight is 901 g/mol. The van der Waals surface area contributed by atoms with E-state index < -0.39 is 23.1 Å². The number of nitrogen functional groups attached to an aromatic ring is 2. The fourth-order valence-corrected chi connectivity index (χ4v) is 8.44. The zero-order valence-corrected chi connectivity index (χ0v) is 37.0. The molecule has 4 heterocycles. The zero-order chi connectivity index (χ0) is 47.3. The van der Waals surface area contributed by atoms with Gasteiger partial charge in [0.05, 0.1) is 27.5 Å². The van der Waals surface area contributed by atoms with Crippen molar-refractivity contribution >= 4 is 45.3 Å². The van der Waals surface area contributed by atoms with Crippen LogP contribution in [0, 0.1) is 0 Å². The molecule has 0 unspecified atom stereocenters. The minimum Gasteiger partial charge on any atom is -0.457 e. The molecule has 1 aliphatic carbocycles. The summed E-state index contributed by atoms with van der Waals surface area (Å²) >= 11 is 0. The Morgan fingerprint density at radius 2 is 1.04 bits per heavy atom. The lowest BCUT2D eigenvalue weighted by molar-refractivity contribution is -0.138. The smallest absolute Gasteiger partial charge is 0.417 e. The number of Topliss-reactive ketones (excluding diaryl/α,β-unsaturated/α-hetero) is 1. The van der Waals surface area contributed by atoms with Crippen LogP contribution >= 0.6 is 0 Å². The Labute approximate surface area is 382 Å². The SMILES string of the molecule is CC(=O)c1c(Oc2ccc(-c3cn(C(C)C)c4ncnc(N)c34)cc2)cccc1C(F)(F)F.CC(C)n1cc(-c2ccc(Oc3cccc4c3C(=O)c3ccccc3-4)cc2)c2c(N)ncnc21. The van der Waals surface area contributed by atoms with Crippen molar-refractivity contribution in [3.05, 3.63) is 156 Å². The van der Waals surface area contributed by atoms with Crippen LogP contribution in [0.3, 0.4) is 0 Å². The molecule has 12 nitrogen and oxygen atoms in total. The van der Waals surface area contributed by atoms with Gasteiger partial charge < -0.3 is 30.1 Å². The number of nitrogens with two attached hydrogens (primary N) is 2. The van der Waals surface area contributed by atoms with Crippen LogP contribution in [0.5, 0.6) is 23.0 Å². The van der Waals surface area contributed by atoms with E-state index in [0.29, 0.717) is 39.9 Å². The number of rotatable bonds is 9. The Morgan fingerprint density at radius 1 is 0.582 bits per heavy atom. The van der Waals surface area contributed by atoms with Crippen LogP contribution in [0.4, 0.5) is 24.8 Å². The largest absolute Gasteiger partial charge is 0.457 e. The van der Waals surface area contributed by atoms with Crippen molar-refractivity contribution in [2.75, 3.05) is 11.5 Å². The molecule has 1 aliphatic rings. The first-order valence-corrected chi connectivity index (χ1v) is 21.4. The Bertz CT molecular complexity index is 3380. The third-order valence-corrected chi connectivity index (χ3v) is 11.6. The number of fused-ring (bicyclic) bond motifs is 5. The van der Waals surface area contributed by atoms with Gasteiger partial charge in [-0.15, -0.1) is 0 Å². The number of anilines is 2. The van der Waals surface area contributed by atoms with Crippen LogP contribution in [-0.4, -0.2) is 40.6 Å². The molecule has 0 saturated carbocycles. The van der Waals surface area contributed by atoms with Gasteiger partial charge in [0.25, 0.3) is 0 Å². The molecule has 0 aliphatic heterocycles. The number of aromatic nitrogens is 6. The fraction of sp³-hybridized carbons (Fsp3) is 0.154. The molecular formula is C52H43F3N8O4. The van der Waals surface area contributed by atoms with E-state index in [0.717, 1.165) is 62.8 Å². The van der Waals surface area contributed by atoms with Gasteiger partial charge in [-0.3, -0.25) is 9.59 Å². The maximum absolute atomic E-state index is 13.4. The minimum atomic E-state index is -4.67. The lowest BCUT2D eigenvalue weighted by atomic mass is 10.0. The first kappa shape index (κ1) is 43.9. The van der Waals surface area contributed by atoms with E-state index in [1.807, 2.05) is 91.3 Å². The Kier molecular flexibility index (Phi) is 11.3. The van der Waals surface area contributed by atoms with E-state index >= 15 is 0 Å². The van der Waals surface area contributed by atoms with Crippen LogP contribution < -0.4 is 20.9 Å². The summed E-state index contributed by atoms with van der Waals surface area (Å²) in [6.07, 6.45) is 2.25. The van der Waals surface area contributed by atoms with Gasteiger partial charge in [-0.1, -0.05) is 66.7 Å². The number of benzene rings is 5. The molecule has 9 aromatic rings. The van der Waals surface area contributed by atoms with Crippen LogP contribution in [0.15, 0.2) is 134 Å². The average Bonchev–Trinajstić information content (AvgIpc) is 3.99. The number of halogens is 3. The first-order valence-electron chi connectivity index (χ1n) is 21.4. The van der Waals surface area contributed by atoms with E-state index in [4.69, 9.17) is 20.9 Å². The second-order valence-corrected chi connectivity index (χ2v) is 16.5. The Hall–Kier alpha value is -8.33. The molecule has 5 aromatic carbocycles. The summed E-state index contributed by atoms with van der Waals surface area (Å²) < 4.78 is 56.0. The highest BCUT2D eigenvalue weighted by atomic mass is 19.4. The normalized spacial score (nSPS) is 12.1. The van der Waals surface area contributed by atoms with Crippen LogP contribution in [0.2, 0.25) is 0 Å². The number of nitrogens with zero attached hydrogens (tertiary/aromatic N) is 6. The summed E-state index contributed by atoms with van der Waals surface area (Å²) in [5.41, 5.74) is 19.1. The van der Waals surface area contributed by atoms with E-state index in [1.165, 1.54) is 24.8 Å². The first-order chi connectivity index (χ1) is 32.1. The van der Waals surface area contributed by atoms with Gasteiger partial charge in [0.1, 0.15) is 58.6 Å². The van der Waals surface area contributed by atoms with Crippen molar-refractivity contribution in [1.29, 1.82) is 0 Å². The molecule has 0 saturated heterocycles. The van der Waals surface area contributed by atoms with E-state index in [1.54, 1.807) is 24.3 Å². The van der Waals surface area contributed by atoms with E-state index in [9.17, 15) is 22.8 Å². The maximum atomic E-state index is 13.4. The second kappa shape index (κ2) is 17.2. The van der Waals surface area contributed by atoms with Gasteiger partial charge in [-0.05, 0) is 99.3 Å². The van der Waals surface area contributed by atoms with Gasteiger partial charge in [-0.25, -0.2) is 19.9 Å². The monoisotopic (exact) mass is 900 g/mol. The number of ether oxygens (including phenoxy) is 2. The van der Waals surface area contributed by atoms with Crippen LogP contribution in [0.25, 0.3) is 55.4 Å². The van der Waals surface area contributed by atoms with Gasteiger partial charge in [0, 0.05) is 41.2 Å². The van der Waals surface area contributed by atoms with Crippen molar-refractivity contribution in [3.63, 3.8) is 0 Å². The number of hydrogen-bond acceptors (Lipinski definition) is 10. The molecule has 4 N–H and O–H groups in total. The molecule has 67 heavy (non-hydrogen) atoms. The Balaban J connectivity index is 0.000000168. The van der Waals surface area contributed by atoms with Gasteiger partial charge in [-0.2, -0.15) is 13.2 Å². The summed E-state index contributed by atoms with van der Waals surface area (Å²) in [6, 6.07) is 31.7.